The normalized spacial score (nSPS) is 34.6. The van der Waals surface area contributed by atoms with E-state index in [4.69, 9.17) is 11.5 Å². The van der Waals surface area contributed by atoms with Gasteiger partial charge in [0.2, 0.25) is 0 Å². The van der Waals surface area contributed by atoms with Crippen LogP contribution in [0.3, 0.4) is 0 Å². The van der Waals surface area contributed by atoms with Gasteiger partial charge in [-0.2, -0.15) is 0 Å². The van der Waals surface area contributed by atoms with Crippen molar-refractivity contribution < 1.29 is 10.0 Å². The first-order valence-corrected chi connectivity index (χ1v) is 3.26. The van der Waals surface area contributed by atoms with Crippen LogP contribution < -0.4 is 11.5 Å². The molecular formula is C6H9N3O3. The molecule has 0 radical (unpaired) electrons. The van der Waals surface area contributed by atoms with E-state index in [0.717, 1.165) is 18.2 Å². The first-order valence-electron chi connectivity index (χ1n) is 3.26. The molecule has 0 bridgehead atoms. The molecule has 0 heterocycles. The molecule has 0 aromatic rings. The lowest BCUT2D eigenvalue weighted by atomic mass is 9.99. The Morgan fingerprint density at radius 3 is 2.75 bits per heavy atom. The first-order chi connectivity index (χ1) is 5.43. The van der Waals surface area contributed by atoms with Crippen LogP contribution in [0.4, 0.5) is 0 Å². The lowest BCUT2D eigenvalue weighted by molar-refractivity contribution is -0.419. The Labute approximate surface area is 68.3 Å². The zero-order chi connectivity index (χ0) is 9.35. The van der Waals surface area contributed by atoms with Crippen molar-refractivity contribution in [3.63, 3.8) is 0 Å². The van der Waals surface area contributed by atoms with E-state index in [-0.39, 0.29) is 5.70 Å². The summed E-state index contributed by atoms with van der Waals surface area (Å²) in [5, 5.41) is 19.5. The molecule has 0 amide bonds. The highest BCUT2D eigenvalue weighted by atomic mass is 16.6. The molecule has 5 N–H and O–H groups in total. The molecule has 2 atom stereocenters. The topological polar surface area (TPSA) is 115 Å². The third-order valence-electron chi connectivity index (χ3n) is 1.62. The van der Waals surface area contributed by atoms with Crippen LogP contribution in [0.15, 0.2) is 23.9 Å². The van der Waals surface area contributed by atoms with Crippen molar-refractivity contribution in [1.29, 1.82) is 0 Å². The number of nitro groups is 1. The Bertz CT molecular complexity index is 269. The number of allylic oxidation sites excluding steroid dienone is 1. The van der Waals surface area contributed by atoms with Gasteiger partial charge in [0.05, 0.1) is 11.0 Å². The minimum Gasteiger partial charge on any atom is -0.370 e. The fourth-order valence-electron chi connectivity index (χ4n) is 0.825. The summed E-state index contributed by atoms with van der Waals surface area (Å²) >= 11 is 0. The standard InChI is InChI=1S/C6H9N3O3/c7-5-3-4(9(11)12)1-2-6(5,8)10/h1-3,5,10H,7-8H2. The summed E-state index contributed by atoms with van der Waals surface area (Å²) in [6.45, 7) is 0. The van der Waals surface area contributed by atoms with Crippen molar-refractivity contribution in [2.45, 2.75) is 11.8 Å². The van der Waals surface area contributed by atoms with E-state index in [2.05, 4.69) is 0 Å². The highest BCUT2D eigenvalue weighted by molar-refractivity contribution is 5.26. The molecule has 0 saturated heterocycles. The fourth-order valence-corrected chi connectivity index (χ4v) is 0.825. The largest absolute Gasteiger partial charge is 0.370 e. The third kappa shape index (κ3) is 1.50. The zero-order valence-corrected chi connectivity index (χ0v) is 6.18. The van der Waals surface area contributed by atoms with Crippen molar-refractivity contribution in [3.8, 4) is 0 Å². The van der Waals surface area contributed by atoms with Crippen molar-refractivity contribution in [1.82, 2.24) is 0 Å². The maximum absolute atomic E-state index is 10.2. The third-order valence-corrected chi connectivity index (χ3v) is 1.62. The molecule has 1 aliphatic rings. The first kappa shape index (κ1) is 8.85. The van der Waals surface area contributed by atoms with Gasteiger partial charge in [-0.15, -0.1) is 0 Å². The van der Waals surface area contributed by atoms with E-state index in [1.807, 2.05) is 0 Å². The molecule has 0 fully saturated rings. The number of rotatable bonds is 1. The molecule has 2 unspecified atom stereocenters. The van der Waals surface area contributed by atoms with Crippen molar-refractivity contribution in [3.05, 3.63) is 34.0 Å². The Balaban J connectivity index is 2.91. The van der Waals surface area contributed by atoms with Crippen LogP contribution in [-0.4, -0.2) is 21.8 Å². The van der Waals surface area contributed by atoms with Gasteiger partial charge >= 0.3 is 0 Å². The summed E-state index contributed by atoms with van der Waals surface area (Å²) in [7, 11) is 0. The van der Waals surface area contributed by atoms with Gasteiger partial charge in [-0.25, -0.2) is 0 Å². The molecule has 0 aromatic heterocycles. The lowest BCUT2D eigenvalue weighted by Crippen LogP contribution is -2.54. The van der Waals surface area contributed by atoms with Crippen molar-refractivity contribution in [2.24, 2.45) is 11.5 Å². The smallest absolute Gasteiger partial charge is 0.267 e. The monoisotopic (exact) mass is 171 g/mol. The summed E-state index contributed by atoms with van der Waals surface area (Å²) in [4.78, 5) is 9.63. The SMILES string of the molecule is NC1C=C([N+](=O)[O-])C=CC1(N)O. The number of hydrogen-bond donors (Lipinski definition) is 3. The molecule has 1 aliphatic carbocycles. The minimum absolute atomic E-state index is 0.155. The van der Waals surface area contributed by atoms with Gasteiger partial charge in [0, 0.05) is 12.2 Å². The maximum atomic E-state index is 10.2. The molecule has 0 spiro atoms. The Morgan fingerprint density at radius 1 is 1.75 bits per heavy atom. The second-order valence-corrected chi connectivity index (χ2v) is 2.60. The van der Waals surface area contributed by atoms with Gasteiger partial charge in [-0.05, 0) is 6.08 Å². The predicted octanol–water partition coefficient (Wildman–Crippen LogP) is -1.31. The highest BCUT2D eigenvalue weighted by Crippen LogP contribution is 2.15. The van der Waals surface area contributed by atoms with Crippen molar-refractivity contribution >= 4 is 0 Å². The van der Waals surface area contributed by atoms with Crippen LogP contribution in [0.5, 0.6) is 0 Å². The molecule has 6 nitrogen and oxygen atoms in total. The van der Waals surface area contributed by atoms with Crippen LogP contribution in [-0.2, 0) is 0 Å². The lowest BCUT2D eigenvalue weighted by Gasteiger charge is -2.25. The molecule has 12 heavy (non-hydrogen) atoms. The second kappa shape index (κ2) is 2.67. The summed E-state index contributed by atoms with van der Waals surface area (Å²) in [6, 6.07) is -0.942. The van der Waals surface area contributed by atoms with Gasteiger partial charge in [0.15, 0.2) is 5.72 Å². The molecular weight excluding hydrogens is 162 g/mol. The van der Waals surface area contributed by atoms with Gasteiger partial charge in [-0.3, -0.25) is 15.8 Å². The van der Waals surface area contributed by atoms with Crippen LogP contribution in [0.25, 0.3) is 0 Å². The number of aliphatic hydroxyl groups is 1. The van der Waals surface area contributed by atoms with Crippen LogP contribution in [0.2, 0.25) is 0 Å². The summed E-state index contributed by atoms with van der Waals surface area (Å²) in [6.07, 6.45) is 3.35. The molecule has 66 valence electrons. The average Bonchev–Trinajstić information content (AvgIpc) is 1.94. The van der Waals surface area contributed by atoms with E-state index in [0.29, 0.717) is 0 Å². The average molecular weight is 171 g/mol. The van der Waals surface area contributed by atoms with E-state index >= 15 is 0 Å². The molecule has 1 rings (SSSR count). The molecule has 0 saturated carbocycles. The van der Waals surface area contributed by atoms with E-state index in [1.54, 1.807) is 0 Å². The van der Waals surface area contributed by atoms with Gasteiger partial charge in [0.25, 0.3) is 5.70 Å². The summed E-state index contributed by atoms with van der Waals surface area (Å²) in [5.74, 6) is 0. The predicted molar refractivity (Wildman–Crippen MR) is 41.3 cm³/mol. The summed E-state index contributed by atoms with van der Waals surface area (Å²) < 4.78 is 0. The van der Waals surface area contributed by atoms with Crippen LogP contribution >= 0.6 is 0 Å². The van der Waals surface area contributed by atoms with E-state index in [1.165, 1.54) is 0 Å². The Hall–Kier alpha value is -1.24. The van der Waals surface area contributed by atoms with Crippen LogP contribution in [0.1, 0.15) is 0 Å². The van der Waals surface area contributed by atoms with Gasteiger partial charge in [0.1, 0.15) is 0 Å². The minimum atomic E-state index is -1.68. The number of nitrogens with zero attached hydrogens (tertiary/aromatic N) is 1. The Morgan fingerprint density at radius 2 is 2.33 bits per heavy atom. The van der Waals surface area contributed by atoms with Crippen molar-refractivity contribution in [2.75, 3.05) is 0 Å². The van der Waals surface area contributed by atoms with Crippen LogP contribution in [0, 0.1) is 10.1 Å². The number of nitrogens with two attached hydrogens (primary N) is 2. The van der Waals surface area contributed by atoms with E-state index < -0.39 is 16.7 Å². The second-order valence-electron chi connectivity index (χ2n) is 2.60. The summed E-state index contributed by atoms with van der Waals surface area (Å²) in [5.41, 5.74) is 8.76. The molecule has 6 heteroatoms. The number of hydrogen-bond acceptors (Lipinski definition) is 5. The zero-order valence-electron chi connectivity index (χ0n) is 6.18. The van der Waals surface area contributed by atoms with Gasteiger partial charge in [-0.1, -0.05) is 0 Å². The highest BCUT2D eigenvalue weighted by Gasteiger charge is 2.31. The Kier molecular flexibility index (Phi) is 1.97. The maximum Gasteiger partial charge on any atom is 0.267 e. The van der Waals surface area contributed by atoms with Gasteiger partial charge < -0.3 is 10.8 Å². The fraction of sp³-hybridized carbons (Fsp3) is 0.333. The van der Waals surface area contributed by atoms with E-state index in [9.17, 15) is 15.2 Å². The molecule has 0 aliphatic heterocycles. The molecule has 0 aromatic carbocycles. The quantitative estimate of drug-likeness (QED) is 0.257.